The summed E-state index contributed by atoms with van der Waals surface area (Å²) in [5, 5.41) is 0. The van der Waals surface area contributed by atoms with Crippen LogP contribution in [-0.4, -0.2) is 80.2 Å². The van der Waals surface area contributed by atoms with Gasteiger partial charge in [-0.05, 0) is 50.1 Å². The molecule has 8 nitrogen and oxygen atoms in total. The molecule has 9 heteroatoms. The topological polar surface area (TPSA) is 87.2 Å². The fourth-order valence-corrected chi connectivity index (χ4v) is 6.05. The van der Waals surface area contributed by atoms with E-state index in [0.29, 0.717) is 56.9 Å². The summed E-state index contributed by atoms with van der Waals surface area (Å²) in [5.41, 5.74) is 1.52. The van der Waals surface area contributed by atoms with Crippen molar-refractivity contribution in [2.45, 2.75) is 30.7 Å². The second-order valence-corrected chi connectivity index (χ2v) is 10.3. The first-order chi connectivity index (χ1) is 15.8. The number of methoxy groups -OCH3 is 1. The van der Waals surface area contributed by atoms with E-state index in [0.717, 1.165) is 5.56 Å². The van der Waals surface area contributed by atoms with Gasteiger partial charge in [0.1, 0.15) is 11.8 Å². The van der Waals surface area contributed by atoms with Crippen LogP contribution in [0.1, 0.15) is 28.8 Å². The van der Waals surface area contributed by atoms with Crippen molar-refractivity contribution in [3.8, 4) is 5.75 Å². The third kappa shape index (κ3) is 4.74. The fourth-order valence-electron chi connectivity index (χ4n) is 4.40. The van der Waals surface area contributed by atoms with Gasteiger partial charge in [0.2, 0.25) is 15.9 Å². The van der Waals surface area contributed by atoms with Gasteiger partial charge in [0.15, 0.2) is 0 Å². The average Bonchev–Trinajstić information content (AvgIpc) is 3.34. The Hall–Kier alpha value is -2.91. The maximum atomic E-state index is 13.3. The number of carbonyl (C=O) groups is 2. The van der Waals surface area contributed by atoms with Gasteiger partial charge in [0, 0.05) is 38.3 Å². The van der Waals surface area contributed by atoms with Crippen LogP contribution in [0.3, 0.4) is 0 Å². The normalized spacial score (nSPS) is 19.5. The van der Waals surface area contributed by atoms with Gasteiger partial charge in [-0.2, -0.15) is 4.31 Å². The number of hydrogen-bond donors (Lipinski definition) is 0. The molecule has 2 aromatic rings. The molecule has 0 aliphatic carbocycles. The molecule has 2 heterocycles. The van der Waals surface area contributed by atoms with Gasteiger partial charge >= 0.3 is 0 Å². The molecule has 0 radical (unpaired) electrons. The van der Waals surface area contributed by atoms with Crippen molar-refractivity contribution in [2.24, 2.45) is 0 Å². The first-order valence-corrected chi connectivity index (χ1v) is 12.6. The maximum Gasteiger partial charge on any atom is 0.254 e. The van der Waals surface area contributed by atoms with Crippen molar-refractivity contribution in [1.29, 1.82) is 0 Å². The summed E-state index contributed by atoms with van der Waals surface area (Å²) in [4.78, 5) is 29.7. The van der Waals surface area contributed by atoms with E-state index in [4.69, 9.17) is 4.74 Å². The first kappa shape index (κ1) is 23.3. The van der Waals surface area contributed by atoms with Gasteiger partial charge in [0.05, 0.1) is 12.0 Å². The lowest BCUT2D eigenvalue weighted by atomic mass is 10.1. The highest BCUT2D eigenvalue weighted by atomic mass is 32.2. The third-order valence-corrected chi connectivity index (χ3v) is 8.23. The van der Waals surface area contributed by atoms with E-state index in [9.17, 15) is 18.0 Å². The van der Waals surface area contributed by atoms with Gasteiger partial charge in [-0.1, -0.05) is 23.8 Å². The molecule has 2 aliphatic rings. The van der Waals surface area contributed by atoms with Crippen LogP contribution >= 0.6 is 0 Å². The SMILES string of the molecule is COc1cccc(C(=O)N2CCN(C(=O)[C@@H]3CCCN3S(=O)(=O)c3ccc(C)cc3)CC2)c1. The summed E-state index contributed by atoms with van der Waals surface area (Å²) in [7, 11) is -2.19. The minimum Gasteiger partial charge on any atom is -0.497 e. The summed E-state index contributed by atoms with van der Waals surface area (Å²) in [6, 6.07) is 13.0. The highest BCUT2D eigenvalue weighted by Gasteiger charge is 2.41. The van der Waals surface area contributed by atoms with Crippen molar-refractivity contribution < 1.29 is 22.7 Å². The maximum absolute atomic E-state index is 13.3. The lowest BCUT2D eigenvalue weighted by Gasteiger charge is -2.37. The van der Waals surface area contributed by atoms with Gasteiger partial charge < -0.3 is 14.5 Å². The van der Waals surface area contributed by atoms with E-state index in [1.807, 2.05) is 6.92 Å². The lowest BCUT2D eigenvalue weighted by Crippen LogP contribution is -2.55. The van der Waals surface area contributed by atoms with Crippen molar-refractivity contribution in [1.82, 2.24) is 14.1 Å². The highest BCUT2D eigenvalue weighted by Crippen LogP contribution is 2.28. The molecule has 0 saturated carbocycles. The molecular weight excluding hydrogens is 442 g/mol. The van der Waals surface area contributed by atoms with E-state index in [2.05, 4.69) is 0 Å². The number of carbonyl (C=O) groups excluding carboxylic acids is 2. The molecular formula is C24H29N3O5S. The van der Waals surface area contributed by atoms with Crippen LogP contribution in [0.2, 0.25) is 0 Å². The lowest BCUT2D eigenvalue weighted by molar-refractivity contribution is -0.136. The van der Waals surface area contributed by atoms with Gasteiger partial charge in [-0.25, -0.2) is 8.42 Å². The highest BCUT2D eigenvalue weighted by molar-refractivity contribution is 7.89. The van der Waals surface area contributed by atoms with Crippen LogP contribution in [0, 0.1) is 6.92 Å². The Balaban J connectivity index is 1.41. The molecule has 1 atom stereocenters. The average molecular weight is 472 g/mol. The number of nitrogens with zero attached hydrogens (tertiary/aromatic N) is 3. The van der Waals surface area contributed by atoms with Crippen LogP contribution in [-0.2, 0) is 14.8 Å². The Morgan fingerprint density at radius 2 is 1.61 bits per heavy atom. The summed E-state index contributed by atoms with van der Waals surface area (Å²) >= 11 is 0. The smallest absolute Gasteiger partial charge is 0.254 e. The van der Waals surface area contributed by atoms with Crippen LogP contribution in [0.4, 0.5) is 0 Å². The molecule has 0 spiro atoms. The van der Waals surface area contributed by atoms with Crippen LogP contribution < -0.4 is 4.74 Å². The van der Waals surface area contributed by atoms with Gasteiger partial charge in [-0.15, -0.1) is 0 Å². The number of hydrogen-bond acceptors (Lipinski definition) is 5. The zero-order valence-electron chi connectivity index (χ0n) is 18.9. The minimum absolute atomic E-state index is 0.106. The second kappa shape index (κ2) is 9.52. The number of ether oxygens (including phenoxy) is 1. The largest absolute Gasteiger partial charge is 0.497 e. The number of sulfonamides is 1. The summed E-state index contributed by atoms with van der Waals surface area (Å²) in [6.07, 6.45) is 1.16. The molecule has 176 valence electrons. The monoisotopic (exact) mass is 471 g/mol. The third-order valence-electron chi connectivity index (χ3n) is 6.31. The van der Waals surface area contributed by atoms with Crippen molar-refractivity contribution in [2.75, 3.05) is 39.8 Å². The molecule has 2 amide bonds. The predicted octanol–water partition coefficient (Wildman–Crippen LogP) is 2.14. The van der Waals surface area contributed by atoms with E-state index in [-0.39, 0.29) is 16.7 Å². The molecule has 0 unspecified atom stereocenters. The summed E-state index contributed by atoms with van der Waals surface area (Å²) < 4.78 is 32.9. The zero-order valence-corrected chi connectivity index (χ0v) is 19.8. The molecule has 2 fully saturated rings. The Morgan fingerprint density at radius 1 is 0.939 bits per heavy atom. The van der Waals surface area contributed by atoms with E-state index in [1.54, 1.807) is 65.4 Å². The van der Waals surface area contributed by atoms with Gasteiger partial charge in [0.25, 0.3) is 5.91 Å². The van der Waals surface area contributed by atoms with Crippen LogP contribution in [0.5, 0.6) is 5.75 Å². The van der Waals surface area contributed by atoms with Crippen molar-refractivity contribution in [3.63, 3.8) is 0 Å². The second-order valence-electron chi connectivity index (χ2n) is 8.44. The number of rotatable bonds is 5. The van der Waals surface area contributed by atoms with E-state index in [1.165, 1.54) is 4.31 Å². The molecule has 2 saturated heterocycles. The summed E-state index contributed by atoms with van der Waals surface area (Å²) in [6.45, 7) is 3.80. The van der Waals surface area contributed by atoms with Crippen LogP contribution in [0.15, 0.2) is 53.4 Å². The van der Waals surface area contributed by atoms with Crippen molar-refractivity contribution >= 4 is 21.8 Å². The fraction of sp³-hybridized carbons (Fsp3) is 0.417. The molecule has 4 rings (SSSR count). The number of amides is 2. The molecule has 2 aromatic carbocycles. The molecule has 0 bridgehead atoms. The quantitative estimate of drug-likeness (QED) is 0.667. The standard InChI is InChI=1S/C24H29N3O5S/c1-18-8-10-21(11-9-18)33(30,31)27-12-4-7-22(27)24(29)26-15-13-25(14-16-26)23(28)19-5-3-6-20(17-19)32-2/h3,5-6,8-11,17,22H,4,7,12-16H2,1-2H3/t22-/m0/s1. The summed E-state index contributed by atoms with van der Waals surface area (Å²) in [5.74, 6) is 0.327. The Morgan fingerprint density at radius 3 is 2.27 bits per heavy atom. The first-order valence-electron chi connectivity index (χ1n) is 11.1. The molecule has 2 aliphatic heterocycles. The number of benzene rings is 2. The van der Waals surface area contributed by atoms with Crippen LogP contribution in [0.25, 0.3) is 0 Å². The number of piperazine rings is 1. The zero-order chi connectivity index (χ0) is 23.6. The van der Waals surface area contributed by atoms with E-state index >= 15 is 0 Å². The van der Waals surface area contributed by atoms with E-state index < -0.39 is 16.1 Å². The predicted molar refractivity (Wildman–Crippen MR) is 124 cm³/mol. The van der Waals surface area contributed by atoms with Gasteiger partial charge in [-0.3, -0.25) is 9.59 Å². The molecule has 0 N–H and O–H groups in total. The molecule has 0 aromatic heterocycles. The molecule has 33 heavy (non-hydrogen) atoms. The van der Waals surface area contributed by atoms with Crippen molar-refractivity contribution in [3.05, 3.63) is 59.7 Å². The minimum atomic E-state index is -3.75. The Kier molecular flexibility index (Phi) is 6.71. The Labute approximate surface area is 194 Å². The Bertz CT molecular complexity index is 1130. The number of aryl methyl sites for hydroxylation is 1.